The highest BCUT2D eigenvalue weighted by Gasteiger charge is 2.25. The normalized spacial score (nSPS) is 13.8. The summed E-state index contributed by atoms with van der Waals surface area (Å²) in [5.74, 6) is 0.0799. The van der Waals surface area contributed by atoms with Gasteiger partial charge < -0.3 is 14.2 Å². The van der Waals surface area contributed by atoms with Crippen LogP contribution in [0.2, 0.25) is 0 Å². The SMILES string of the molecule is COc1cc(/C=C2\N=C(c3ccc([N+](=O)[O-])cc3)OC2=O)cc(Br)c1OCc1cccc([N+](=O)[O-])c1. The first kappa shape index (κ1) is 24.5. The van der Waals surface area contributed by atoms with Gasteiger partial charge in [0.2, 0.25) is 5.90 Å². The number of carbonyl (C=O) groups is 1. The van der Waals surface area contributed by atoms with Gasteiger partial charge in [0.1, 0.15) is 6.61 Å². The van der Waals surface area contributed by atoms with Crippen LogP contribution in [0.1, 0.15) is 16.7 Å². The Bertz CT molecular complexity index is 1430. The van der Waals surface area contributed by atoms with Crippen LogP contribution in [0, 0.1) is 20.2 Å². The summed E-state index contributed by atoms with van der Waals surface area (Å²) in [6.07, 6.45) is 1.50. The van der Waals surface area contributed by atoms with Crippen LogP contribution in [0.25, 0.3) is 6.08 Å². The largest absolute Gasteiger partial charge is 0.493 e. The van der Waals surface area contributed by atoms with Gasteiger partial charge in [-0.1, -0.05) is 12.1 Å². The van der Waals surface area contributed by atoms with E-state index in [4.69, 9.17) is 14.2 Å². The second-order valence-electron chi connectivity index (χ2n) is 7.39. The Kier molecular flexibility index (Phi) is 7.06. The molecule has 0 aromatic heterocycles. The zero-order valence-corrected chi connectivity index (χ0v) is 20.1. The molecule has 0 bridgehead atoms. The summed E-state index contributed by atoms with van der Waals surface area (Å²) in [6.45, 7) is 0.0618. The van der Waals surface area contributed by atoms with Crippen LogP contribution in [0.4, 0.5) is 11.4 Å². The molecule has 0 N–H and O–H groups in total. The predicted molar refractivity (Wildman–Crippen MR) is 132 cm³/mol. The van der Waals surface area contributed by atoms with E-state index in [9.17, 15) is 25.0 Å². The Balaban J connectivity index is 1.56. The van der Waals surface area contributed by atoms with Crippen molar-refractivity contribution in [2.75, 3.05) is 7.11 Å². The van der Waals surface area contributed by atoms with Gasteiger partial charge in [-0.2, -0.15) is 0 Å². The first-order chi connectivity index (χ1) is 17.2. The molecule has 0 saturated carbocycles. The molecule has 0 unspecified atom stereocenters. The minimum atomic E-state index is -0.676. The summed E-state index contributed by atoms with van der Waals surface area (Å²) in [5, 5.41) is 21.8. The van der Waals surface area contributed by atoms with Crippen LogP contribution in [0.5, 0.6) is 11.5 Å². The molecule has 0 aliphatic carbocycles. The Labute approximate surface area is 212 Å². The number of nitro benzene ring substituents is 2. The van der Waals surface area contributed by atoms with Crippen molar-refractivity contribution in [1.82, 2.24) is 0 Å². The quantitative estimate of drug-likeness (QED) is 0.160. The molecule has 0 saturated heterocycles. The van der Waals surface area contributed by atoms with Crippen LogP contribution >= 0.6 is 15.9 Å². The standard InChI is InChI=1S/C24H16BrN3O8/c1-34-21-12-15(10-19(25)22(21)35-13-14-3-2-4-18(9-14)28(32)33)11-20-24(29)36-23(26-20)16-5-7-17(8-6-16)27(30)31/h2-12H,13H2,1H3/b20-11-. The monoisotopic (exact) mass is 553 g/mol. The molecule has 1 aliphatic rings. The fourth-order valence-corrected chi connectivity index (χ4v) is 3.87. The maximum Gasteiger partial charge on any atom is 0.363 e. The molecule has 182 valence electrons. The van der Waals surface area contributed by atoms with Crippen LogP contribution in [-0.2, 0) is 16.1 Å². The predicted octanol–water partition coefficient (Wildman–Crippen LogP) is 5.20. The number of hydrogen-bond donors (Lipinski definition) is 0. The van der Waals surface area contributed by atoms with Gasteiger partial charge in [-0.05, 0) is 57.4 Å². The lowest BCUT2D eigenvalue weighted by molar-refractivity contribution is -0.385. The molecule has 0 spiro atoms. The summed E-state index contributed by atoms with van der Waals surface area (Å²) in [7, 11) is 1.45. The molecule has 0 amide bonds. The van der Waals surface area contributed by atoms with Crippen molar-refractivity contribution in [2.24, 2.45) is 4.99 Å². The molecule has 11 nitrogen and oxygen atoms in total. The second-order valence-corrected chi connectivity index (χ2v) is 8.24. The third-order valence-corrected chi connectivity index (χ3v) is 5.59. The molecule has 1 aliphatic heterocycles. The molecule has 3 aromatic carbocycles. The lowest BCUT2D eigenvalue weighted by Gasteiger charge is -2.13. The first-order valence-corrected chi connectivity index (χ1v) is 11.1. The van der Waals surface area contributed by atoms with E-state index < -0.39 is 15.8 Å². The molecule has 4 rings (SSSR count). The average Bonchev–Trinajstić information content (AvgIpc) is 3.23. The van der Waals surface area contributed by atoms with Crippen LogP contribution < -0.4 is 9.47 Å². The summed E-state index contributed by atoms with van der Waals surface area (Å²) >= 11 is 3.43. The van der Waals surface area contributed by atoms with Crippen molar-refractivity contribution in [3.63, 3.8) is 0 Å². The molecule has 0 atom stereocenters. The fourth-order valence-electron chi connectivity index (χ4n) is 3.29. The van der Waals surface area contributed by atoms with Gasteiger partial charge in [0.25, 0.3) is 11.4 Å². The number of non-ortho nitro benzene ring substituents is 2. The highest BCUT2D eigenvalue weighted by molar-refractivity contribution is 9.10. The number of carbonyl (C=O) groups excluding carboxylic acids is 1. The van der Waals surface area contributed by atoms with Gasteiger partial charge in [-0.3, -0.25) is 20.2 Å². The van der Waals surface area contributed by atoms with E-state index in [-0.39, 0.29) is 29.6 Å². The van der Waals surface area contributed by atoms with Gasteiger partial charge in [0, 0.05) is 29.8 Å². The summed E-state index contributed by atoms with van der Waals surface area (Å²) in [4.78, 5) is 37.4. The van der Waals surface area contributed by atoms with E-state index in [0.717, 1.165) is 0 Å². The fraction of sp³-hybridized carbons (Fsp3) is 0.0833. The Morgan fingerprint density at radius 2 is 1.75 bits per heavy atom. The zero-order valence-electron chi connectivity index (χ0n) is 18.5. The van der Waals surface area contributed by atoms with Gasteiger partial charge in [-0.15, -0.1) is 0 Å². The molecule has 0 radical (unpaired) electrons. The number of hydrogen-bond acceptors (Lipinski definition) is 9. The number of nitro groups is 2. The van der Waals surface area contributed by atoms with Gasteiger partial charge in [-0.25, -0.2) is 9.79 Å². The lowest BCUT2D eigenvalue weighted by Crippen LogP contribution is -2.05. The number of aliphatic imine (C=N–C) groups is 1. The number of halogens is 1. The Morgan fingerprint density at radius 1 is 1.03 bits per heavy atom. The van der Waals surface area contributed by atoms with Crippen molar-refractivity contribution >= 4 is 45.2 Å². The molecular formula is C24H16BrN3O8. The van der Waals surface area contributed by atoms with Gasteiger partial charge in [0.15, 0.2) is 17.2 Å². The molecular weight excluding hydrogens is 538 g/mol. The summed E-state index contributed by atoms with van der Waals surface area (Å²) in [5.41, 5.74) is 1.47. The van der Waals surface area contributed by atoms with E-state index in [1.807, 2.05) is 0 Å². The summed E-state index contributed by atoms with van der Waals surface area (Å²) < 4.78 is 17.0. The number of cyclic esters (lactones) is 1. The molecule has 12 heteroatoms. The third kappa shape index (κ3) is 5.39. The Hall–Kier alpha value is -4.58. The molecule has 36 heavy (non-hydrogen) atoms. The zero-order chi connectivity index (χ0) is 25.8. The first-order valence-electron chi connectivity index (χ1n) is 10.3. The van der Waals surface area contributed by atoms with Gasteiger partial charge in [0.05, 0.1) is 21.4 Å². The second kappa shape index (κ2) is 10.4. The number of ether oxygens (including phenoxy) is 3. The average molecular weight is 554 g/mol. The van der Waals surface area contributed by atoms with Crippen molar-refractivity contribution in [2.45, 2.75) is 6.61 Å². The van der Waals surface area contributed by atoms with E-state index in [2.05, 4.69) is 20.9 Å². The van der Waals surface area contributed by atoms with E-state index in [1.165, 1.54) is 49.6 Å². The minimum absolute atomic E-state index is 0.0302. The Morgan fingerprint density at radius 3 is 2.42 bits per heavy atom. The van der Waals surface area contributed by atoms with Crippen molar-refractivity contribution in [1.29, 1.82) is 0 Å². The van der Waals surface area contributed by atoms with Crippen LogP contribution in [-0.4, -0.2) is 28.8 Å². The summed E-state index contributed by atoms with van der Waals surface area (Å²) in [6, 6.07) is 14.9. The number of esters is 1. The number of methoxy groups -OCH3 is 1. The van der Waals surface area contributed by atoms with Crippen LogP contribution in [0.15, 0.2) is 75.8 Å². The highest BCUT2D eigenvalue weighted by Crippen LogP contribution is 2.38. The van der Waals surface area contributed by atoms with Crippen LogP contribution in [0.3, 0.4) is 0 Å². The highest BCUT2D eigenvalue weighted by atomic mass is 79.9. The third-order valence-electron chi connectivity index (χ3n) is 5.01. The smallest absolute Gasteiger partial charge is 0.363 e. The van der Waals surface area contributed by atoms with Crippen molar-refractivity contribution in [3.05, 3.63) is 108 Å². The maximum atomic E-state index is 12.3. The molecule has 0 fully saturated rings. The number of benzene rings is 3. The molecule has 1 heterocycles. The maximum absolute atomic E-state index is 12.3. The van der Waals surface area contributed by atoms with Crippen molar-refractivity contribution < 1.29 is 28.9 Å². The lowest BCUT2D eigenvalue weighted by atomic mass is 10.1. The van der Waals surface area contributed by atoms with E-state index in [1.54, 1.807) is 24.3 Å². The van der Waals surface area contributed by atoms with E-state index >= 15 is 0 Å². The molecule has 3 aromatic rings. The van der Waals surface area contributed by atoms with Crippen molar-refractivity contribution in [3.8, 4) is 11.5 Å². The minimum Gasteiger partial charge on any atom is -0.493 e. The number of rotatable bonds is 8. The number of nitrogens with zero attached hydrogens (tertiary/aromatic N) is 3. The van der Waals surface area contributed by atoms with E-state index in [0.29, 0.717) is 32.7 Å². The topological polar surface area (TPSA) is 143 Å². The van der Waals surface area contributed by atoms with Gasteiger partial charge >= 0.3 is 5.97 Å².